The minimum Gasteiger partial charge on any atom is -0.368 e. The zero-order valence-electron chi connectivity index (χ0n) is 15.1. The molecule has 142 valence electrons. The Labute approximate surface area is 169 Å². The average Bonchev–Trinajstić information content (AvgIpc) is 3.33. The van der Waals surface area contributed by atoms with Crippen LogP contribution in [-0.2, 0) is 6.42 Å². The van der Waals surface area contributed by atoms with Crippen LogP contribution in [0.15, 0.2) is 48.2 Å². The zero-order valence-corrected chi connectivity index (χ0v) is 16.7. The number of nitrogens with zero attached hydrogens (tertiary/aromatic N) is 3. The van der Waals surface area contributed by atoms with Gasteiger partial charge in [-0.3, -0.25) is 5.32 Å². The van der Waals surface area contributed by atoms with E-state index in [9.17, 15) is 4.79 Å². The van der Waals surface area contributed by atoms with Crippen molar-refractivity contribution < 1.29 is 4.79 Å². The summed E-state index contributed by atoms with van der Waals surface area (Å²) in [6, 6.07) is 9.31. The van der Waals surface area contributed by atoms with E-state index in [-0.39, 0.29) is 6.03 Å². The maximum Gasteiger partial charge on any atom is 0.325 e. The molecule has 0 atom stereocenters. The molecular weight excluding hydrogens is 392 g/mol. The van der Waals surface area contributed by atoms with E-state index in [0.29, 0.717) is 5.13 Å². The van der Waals surface area contributed by atoms with E-state index in [4.69, 9.17) is 0 Å². The molecule has 0 radical (unpaired) electrons. The summed E-state index contributed by atoms with van der Waals surface area (Å²) in [6.07, 6.45) is 4.14. The van der Waals surface area contributed by atoms with Crippen LogP contribution < -0.4 is 16.0 Å². The Morgan fingerprint density at radius 2 is 1.93 bits per heavy atom. The van der Waals surface area contributed by atoms with Crippen molar-refractivity contribution in [3.63, 3.8) is 0 Å². The number of thiophene rings is 1. The van der Waals surface area contributed by atoms with Crippen LogP contribution in [0.1, 0.15) is 10.4 Å². The number of urea groups is 1. The van der Waals surface area contributed by atoms with Crippen LogP contribution in [0.5, 0.6) is 0 Å². The van der Waals surface area contributed by atoms with Crippen LogP contribution in [0.4, 0.5) is 21.4 Å². The smallest absolute Gasteiger partial charge is 0.325 e. The molecule has 0 saturated carbocycles. The van der Waals surface area contributed by atoms with Crippen LogP contribution in [0, 0.1) is 6.92 Å². The Hall–Kier alpha value is -3.04. The normalized spacial score (nSPS) is 10.8. The SMILES string of the molecule is Cc1ccc(NC(=O)Nc2ncc(CCNc3ncnc4ccsc34)s2)cc1. The lowest BCUT2D eigenvalue weighted by atomic mass is 10.2. The molecule has 3 heterocycles. The quantitative estimate of drug-likeness (QED) is 0.426. The zero-order chi connectivity index (χ0) is 19.3. The number of aromatic nitrogens is 3. The fourth-order valence-electron chi connectivity index (χ4n) is 2.60. The van der Waals surface area contributed by atoms with Gasteiger partial charge in [0.15, 0.2) is 5.13 Å². The number of fused-ring (bicyclic) bond motifs is 1. The Morgan fingerprint density at radius 3 is 2.79 bits per heavy atom. The summed E-state index contributed by atoms with van der Waals surface area (Å²) >= 11 is 3.08. The molecule has 0 saturated heterocycles. The number of thiazole rings is 1. The second-order valence-electron chi connectivity index (χ2n) is 6.11. The lowest BCUT2D eigenvalue weighted by Crippen LogP contribution is -2.19. The minimum atomic E-state index is -0.302. The Balaban J connectivity index is 1.28. The average molecular weight is 411 g/mol. The van der Waals surface area contributed by atoms with Crippen molar-refractivity contribution in [3.05, 3.63) is 58.7 Å². The summed E-state index contributed by atoms with van der Waals surface area (Å²) in [7, 11) is 0. The Bertz CT molecular complexity index is 1090. The Kier molecular flexibility index (Phi) is 5.45. The van der Waals surface area contributed by atoms with Crippen LogP contribution in [0.3, 0.4) is 0 Å². The number of nitrogens with one attached hydrogen (secondary N) is 3. The van der Waals surface area contributed by atoms with E-state index in [0.717, 1.165) is 45.1 Å². The highest BCUT2D eigenvalue weighted by molar-refractivity contribution is 7.17. The predicted molar refractivity (Wildman–Crippen MR) is 116 cm³/mol. The topological polar surface area (TPSA) is 91.8 Å². The third-order valence-corrected chi connectivity index (χ3v) is 5.87. The van der Waals surface area contributed by atoms with E-state index < -0.39 is 0 Å². The van der Waals surface area contributed by atoms with Gasteiger partial charge in [-0.15, -0.1) is 22.7 Å². The third-order valence-electron chi connectivity index (χ3n) is 3.99. The maximum atomic E-state index is 12.1. The minimum absolute atomic E-state index is 0.302. The second kappa shape index (κ2) is 8.32. The van der Waals surface area contributed by atoms with Gasteiger partial charge in [-0.2, -0.15) is 0 Å². The summed E-state index contributed by atoms with van der Waals surface area (Å²) < 4.78 is 1.06. The van der Waals surface area contributed by atoms with E-state index in [1.807, 2.05) is 42.6 Å². The van der Waals surface area contributed by atoms with Gasteiger partial charge in [0.1, 0.15) is 12.1 Å². The molecular formula is C19H18N6OS2. The van der Waals surface area contributed by atoms with Crippen molar-refractivity contribution >= 4 is 55.6 Å². The molecule has 9 heteroatoms. The summed E-state index contributed by atoms with van der Waals surface area (Å²) in [5.74, 6) is 0.848. The van der Waals surface area contributed by atoms with Crippen LogP contribution in [0.25, 0.3) is 10.2 Å². The lowest BCUT2D eigenvalue weighted by Gasteiger charge is -2.05. The molecule has 0 aliphatic rings. The first-order chi connectivity index (χ1) is 13.7. The highest BCUT2D eigenvalue weighted by Gasteiger charge is 2.08. The largest absolute Gasteiger partial charge is 0.368 e. The lowest BCUT2D eigenvalue weighted by molar-refractivity contribution is 0.262. The van der Waals surface area contributed by atoms with Crippen molar-refractivity contribution in [1.29, 1.82) is 0 Å². The number of carbonyl (C=O) groups excluding carboxylic acids is 1. The van der Waals surface area contributed by atoms with E-state index in [1.54, 1.807) is 23.9 Å². The van der Waals surface area contributed by atoms with Crippen molar-refractivity contribution in [2.45, 2.75) is 13.3 Å². The first kappa shape index (κ1) is 18.3. The number of amides is 2. The first-order valence-electron chi connectivity index (χ1n) is 8.69. The molecule has 0 aliphatic carbocycles. The summed E-state index contributed by atoms with van der Waals surface area (Å²) in [4.78, 5) is 26.0. The number of hydrogen-bond acceptors (Lipinski definition) is 7. The molecule has 4 aromatic rings. The number of rotatable bonds is 6. The molecule has 4 rings (SSSR count). The first-order valence-corrected chi connectivity index (χ1v) is 10.4. The van der Waals surface area contributed by atoms with Gasteiger partial charge in [-0.05, 0) is 30.5 Å². The van der Waals surface area contributed by atoms with Crippen molar-refractivity contribution in [3.8, 4) is 0 Å². The highest BCUT2D eigenvalue weighted by atomic mass is 32.1. The van der Waals surface area contributed by atoms with E-state index >= 15 is 0 Å². The van der Waals surface area contributed by atoms with Crippen LogP contribution >= 0.6 is 22.7 Å². The molecule has 0 unspecified atom stereocenters. The second-order valence-corrected chi connectivity index (χ2v) is 8.14. The van der Waals surface area contributed by atoms with Crippen LogP contribution in [0.2, 0.25) is 0 Å². The molecule has 0 aliphatic heterocycles. The van der Waals surface area contributed by atoms with Gasteiger partial charge in [0.25, 0.3) is 0 Å². The van der Waals surface area contributed by atoms with Gasteiger partial charge in [0, 0.05) is 29.7 Å². The van der Waals surface area contributed by atoms with E-state index in [2.05, 4.69) is 30.9 Å². The molecule has 1 aromatic carbocycles. The molecule has 3 N–H and O–H groups in total. The fraction of sp³-hybridized carbons (Fsp3) is 0.158. The molecule has 0 spiro atoms. The molecule has 28 heavy (non-hydrogen) atoms. The van der Waals surface area contributed by atoms with Crippen molar-refractivity contribution in [2.24, 2.45) is 0 Å². The third kappa shape index (κ3) is 4.44. The molecule has 7 nitrogen and oxygen atoms in total. The van der Waals surface area contributed by atoms with Crippen LogP contribution in [-0.4, -0.2) is 27.5 Å². The molecule has 0 bridgehead atoms. The fourth-order valence-corrected chi connectivity index (χ4v) is 4.21. The number of benzene rings is 1. The Morgan fingerprint density at radius 1 is 1.07 bits per heavy atom. The summed E-state index contributed by atoms with van der Waals surface area (Å²) in [5, 5.41) is 11.5. The molecule has 0 fully saturated rings. The monoisotopic (exact) mass is 410 g/mol. The number of anilines is 3. The number of carbonyl (C=O) groups is 1. The van der Waals surface area contributed by atoms with Gasteiger partial charge in [-0.25, -0.2) is 19.7 Å². The van der Waals surface area contributed by atoms with Crippen molar-refractivity contribution in [1.82, 2.24) is 15.0 Å². The highest BCUT2D eigenvalue weighted by Crippen LogP contribution is 2.25. The predicted octanol–water partition coefficient (Wildman–Crippen LogP) is 4.75. The van der Waals surface area contributed by atoms with Gasteiger partial charge in [-0.1, -0.05) is 17.7 Å². The summed E-state index contributed by atoms with van der Waals surface area (Å²) in [6.45, 7) is 2.73. The van der Waals surface area contributed by atoms with Gasteiger partial charge < -0.3 is 10.6 Å². The molecule has 2 amide bonds. The number of hydrogen-bond donors (Lipinski definition) is 3. The summed E-state index contributed by atoms with van der Waals surface area (Å²) in [5.41, 5.74) is 2.84. The van der Waals surface area contributed by atoms with E-state index in [1.165, 1.54) is 11.3 Å². The van der Waals surface area contributed by atoms with Gasteiger partial charge in [0.05, 0.1) is 10.2 Å². The maximum absolute atomic E-state index is 12.1. The molecule has 3 aromatic heterocycles. The van der Waals surface area contributed by atoms with Gasteiger partial charge in [0.2, 0.25) is 0 Å². The van der Waals surface area contributed by atoms with Gasteiger partial charge >= 0.3 is 6.03 Å². The number of aryl methyl sites for hydroxylation is 1. The standard InChI is InChI=1S/C19H18N6OS2/c1-12-2-4-13(5-3-12)24-18(26)25-19-21-10-14(28-19)6-8-20-17-16-15(7-9-27-16)22-11-23-17/h2-5,7,9-11H,6,8H2,1H3,(H,20,22,23)(H2,21,24,25,26). The van der Waals surface area contributed by atoms with Crippen molar-refractivity contribution in [2.75, 3.05) is 22.5 Å².